The van der Waals surface area contributed by atoms with Gasteiger partial charge in [0.2, 0.25) is 0 Å². The van der Waals surface area contributed by atoms with Gasteiger partial charge in [0.25, 0.3) is 0 Å². The van der Waals surface area contributed by atoms with E-state index in [1.54, 1.807) is 12.5 Å². The maximum Gasteiger partial charge on any atom is 0.198 e. The van der Waals surface area contributed by atoms with Crippen molar-refractivity contribution in [1.29, 1.82) is 0 Å². The Labute approximate surface area is 142 Å². The molecule has 0 amide bonds. The van der Waals surface area contributed by atoms with Crippen LogP contribution in [0, 0.1) is 0 Å². The Morgan fingerprint density at radius 1 is 1.33 bits per heavy atom. The molecule has 1 aliphatic rings. The first-order valence-electron chi connectivity index (χ1n) is 7.03. The van der Waals surface area contributed by atoms with Gasteiger partial charge >= 0.3 is 0 Å². The van der Waals surface area contributed by atoms with Gasteiger partial charge < -0.3 is 14.6 Å². The minimum atomic E-state index is 0. The lowest BCUT2D eigenvalue weighted by Crippen LogP contribution is -2.40. The van der Waals surface area contributed by atoms with Crippen LogP contribution in [0.4, 0.5) is 5.69 Å². The quantitative estimate of drug-likeness (QED) is 0.490. The first-order chi connectivity index (χ1) is 9.88. The molecule has 0 saturated carbocycles. The Morgan fingerprint density at radius 3 is 2.95 bits per heavy atom. The van der Waals surface area contributed by atoms with E-state index >= 15 is 0 Å². The number of benzene rings is 1. The summed E-state index contributed by atoms with van der Waals surface area (Å²) in [6.07, 6.45) is 4.50. The van der Waals surface area contributed by atoms with Crippen LogP contribution in [0.15, 0.2) is 52.3 Å². The third kappa shape index (κ3) is 3.58. The molecule has 1 aromatic heterocycles. The van der Waals surface area contributed by atoms with Gasteiger partial charge in [-0.15, -0.1) is 24.0 Å². The fourth-order valence-corrected chi connectivity index (χ4v) is 2.50. The third-order valence-corrected chi connectivity index (χ3v) is 3.47. The number of furan rings is 1. The largest absolute Gasteiger partial charge is 0.472 e. The number of anilines is 1. The van der Waals surface area contributed by atoms with Crippen LogP contribution in [0.25, 0.3) is 0 Å². The summed E-state index contributed by atoms with van der Waals surface area (Å²) in [4.78, 5) is 6.97. The molecular formula is C16H20IN3O. The van der Waals surface area contributed by atoms with Crippen LogP contribution in [0.1, 0.15) is 18.1 Å². The summed E-state index contributed by atoms with van der Waals surface area (Å²) in [6, 6.07) is 10.5. The summed E-state index contributed by atoms with van der Waals surface area (Å²) in [5.74, 6) is 0.943. The number of nitrogens with one attached hydrogen (secondary N) is 1. The highest BCUT2D eigenvalue weighted by atomic mass is 127. The van der Waals surface area contributed by atoms with Crippen molar-refractivity contribution in [3.63, 3.8) is 0 Å². The minimum absolute atomic E-state index is 0. The van der Waals surface area contributed by atoms with E-state index in [1.807, 2.05) is 6.07 Å². The second-order valence-electron chi connectivity index (χ2n) is 4.83. The van der Waals surface area contributed by atoms with Crippen molar-refractivity contribution in [2.45, 2.75) is 19.9 Å². The van der Waals surface area contributed by atoms with Gasteiger partial charge in [-0.2, -0.15) is 0 Å². The molecule has 0 bridgehead atoms. The Bertz CT molecular complexity index is 595. The second-order valence-corrected chi connectivity index (χ2v) is 4.83. The van der Waals surface area contributed by atoms with Gasteiger partial charge in [-0.25, -0.2) is 4.99 Å². The van der Waals surface area contributed by atoms with Crippen LogP contribution >= 0.6 is 24.0 Å². The van der Waals surface area contributed by atoms with Gasteiger partial charge in [-0.1, -0.05) is 18.2 Å². The second kappa shape index (κ2) is 7.49. The van der Waals surface area contributed by atoms with Crippen LogP contribution in [0.3, 0.4) is 0 Å². The van der Waals surface area contributed by atoms with E-state index in [1.165, 1.54) is 11.3 Å². The molecule has 0 spiro atoms. The van der Waals surface area contributed by atoms with Crippen LogP contribution in [0.5, 0.6) is 0 Å². The highest BCUT2D eigenvalue weighted by molar-refractivity contribution is 14.0. The Kier molecular flexibility index (Phi) is 5.67. The van der Waals surface area contributed by atoms with Crippen molar-refractivity contribution in [1.82, 2.24) is 5.32 Å². The molecule has 2 heterocycles. The fraction of sp³-hybridized carbons (Fsp3) is 0.312. The maximum absolute atomic E-state index is 5.09. The molecule has 0 saturated heterocycles. The number of para-hydroxylation sites is 1. The molecule has 1 aliphatic heterocycles. The summed E-state index contributed by atoms with van der Waals surface area (Å²) in [6.45, 7) is 4.58. The molecule has 1 aromatic carbocycles. The average Bonchev–Trinajstić information content (AvgIpc) is 3.13. The molecule has 0 unspecified atom stereocenters. The Balaban J connectivity index is 0.00000161. The van der Waals surface area contributed by atoms with Crippen molar-refractivity contribution >= 4 is 35.6 Å². The van der Waals surface area contributed by atoms with Gasteiger partial charge in [0.15, 0.2) is 5.96 Å². The number of guanidine groups is 1. The van der Waals surface area contributed by atoms with E-state index in [2.05, 4.69) is 41.4 Å². The van der Waals surface area contributed by atoms with Gasteiger partial charge in [0.05, 0.1) is 19.1 Å². The van der Waals surface area contributed by atoms with Crippen molar-refractivity contribution in [3.8, 4) is 0 Å². The summed E-state index contributed by atoms with van der Waals surface area (Å²) in [5.41, 5.74) is 3.74. The van der Waals surface area contributed by atoms with Gasteiger partial charge in [-0.05, 0) is 31.0 Å². The molecule has 112 valence electrons. The molecule has 3 rings (SSSR count). The number of nitrogens with zero attached hydrogens (tertiary/aromatic N) is 2. The van der Waals surface area contributed by atoms with Crippen molar-refractivity contribution in [3.05, 3.63) is 54.0 Å². The van der Waals surface area contributed by atoms with Gasteiger partial charge in [-0.3, -0.25) is 0 Å². The molecular weight excluding hydrogens is 377 g/mol. The van der Waals surface area contributed by atoms with E-state index in [9.17, 15) is 0 Å². The zero-order valence-corrected chi connectivity index (χ0v) is 14.4. The fourth-order valence-electron chi connectivity index (χ4n) is 2.50. The zero-order valence-electron chi connectivity index (χ0n) is 12.1. The van der Waals surface area contributed by atoms with Crippen LogP contribution in [-0.4, -0.2) is 19.0 Å². The lowest BCUT2D eigenvalue weighted by atomic mass is 10.2. The number of rotatable bonds is 3. The van der Waals surface area contributed by atoms with E-state index in [0.29, 0.717) is 6.54 Å². The normalized spacial score (nSPS) is 13.8. The minimum Gasteiger partial charge on any atom is -0.472 e. The zero-order chi connectivity index (χ0) is 13.8. The highest BCUT2D eigenvalue weighted by Crippen LogP contribution is 2.27. The lowest BCUT2D eigenvalue weighted by molar-refractivity contribution is 0.564. The molecule has 0 aliphatic carbocycles. The third-order valence-electron chi connectivity index (χ3n) is 3.47. The van der Waals surface area contributed by atoms with E-state index in [4.69, 9.17) is 9.41 Å². The van der Waals surface area contributed by atoms with Crippen LogP contribution in [0.2, 0.25) is 0 Å². The molecule has 0 radical (unpaired) electrons. The van der Waals surface area contributed by atoms with Gasteiger partial charge in [0, 0.05) is 24.3 Å². The summed E-state index contributed by atoms with van der Waals surface area (Å²) < 4.78 is 5.09. The molecule has 4 nitrogen and oxygen atoms in total. The summed E-state index contributed by atoms with van der Waals surface area (Å²) in [7, 11) is 0. The number of hydrogen-bond acceptors (Lipinski definition) is 2. The smallest absolute Gasteiger partial charge is 0.198 e. The molecule has 0 atom stereocenters. The Hall–Kier alpha value is -1.50. The number of fused-ring (bicyclic) bond motifs is 1. The van der Waals surface area contributed by atoms with Crippen molar-refractivity contribution in [2.24, 2.45) is 4.99 Å². The van der Waals surface area contributed by atoms with Gasteiger partial charge in [0.1, 0.15) is 0 Å². The summed E-state index contributed by atoms with van der Waals surface area (Å²) in [5, 5.41) is 3.37. The standard InChI is InChI=1S/C16H19N3O.HI/c1-2-17-16(18-11-13-8-10-20-12-13)19-9-7-14-5-3-4-6-15(14)19;/h3-6,8,10,12H,2,7,9,11H2,1H3,(H,17,18);1H. The van der Waals surface area contributed by atoms with Crippen LogP contribution < -0.4 is 10.2 Å². The average molecular weight is 397 g/mol. The van der Waals surface area contributed by atoms with E-state index in [0.717, 1.165) is 31.0 Å². The number of hydrogen-bond donors (Lipinski definition) is 1. The molecule has 5 heteroatoms. The topological polar surface area (TPSA) is 40.8 Å². The maximum atomic E-state index is 5.09. The summed E-state index contributed by atoms with van der Waals surface area (Å²) >= 11 is 0. The van der Waals surface area contributed by atoms with Crippen molar-refractivity contribution < 1.29 is 4.42 Å². The predicted octanol–water partition coefficient (Wildman–Crippen LogP) is 3.43. The number of halogens is 1. The molecule has 2 aromatic rings. The monoisotopic (exact) mass is 397 g/mol. The van der Waals surface area contributed by atoms with Crippen LogP contribution in [-0.2, 0) is 13.0 Å². The predicted molar refractivity (Wildman–Crippen MR) is 96.4 cm³/mol. The number of aliphatic imine (C=N–C) groups is 1. The molecule has 21 heavy (non-hydrogen) atoms. The van der Waals surface area contributed by atoms with E-state index < -0.39 is 0 Å². The SMILES string of the molecule is CCNC(=NCc1ccoc1)N1CCc2ccccc21.I. The first kappa shape index (κ1) is 15.9. The molecule has 0 fully saturated rings. The first-order valence-corrected chi connectivity index (χ1v) is 7.03. The molecule has 1 N–H and O–H groups in total. The van der Waals surface area contributed by atoms with E-state index in [-0.39, 0.29) is 24.0 Å². The lowest BCUT2D eigenvalue weighted by Gasteiger charge is -2.22. The van der Waals surface area contributed by atoms with Crippen molar-refractivity contribution in [2.75, 3.05) is 18.0 Å². The Morgan fingerprint density at radius 2 is 2.19 bits per heavy atom. The highest BCUT2D eigenvalue weighted by Gasteiger charge is 2.22.